The Labute approximate surface area is 73.1 Å². The zero-order chi connectivity index (χ0) is 9.84. The molecule has 6 heteroatoms. The molecule has 0 saturated carbocycles. The monoisotopic (exact) mass is 182 g/mol. The molecule has 0 aliphatic rings. The molecule has 2 N–H and O–H groups in total. The Hall–Kier alpha value is -2.11. The third kappa shape index (κ3) is 1.73. The van der Waals surface area contributed by atoms with Crippen LogP contribution in [0.5, 0.6) is 5.75 Å². The van der Waals surface area contributed by atoms with Gasteiger partial charge in [0.05, 0.1) is 4.92 Å². The third-order valence-electron chi connectivity index (χ3n) is 1.41. The molecule has 1 rings (SSSR count). The molecule has 0 heterocycles. The molecule has 0 aliphatic carbocycles. The van der Waals surface area contributed by atoms with Gasteiger partial charge in [0.25, 0.3) is 12.2 Å². The predicted octanol–water partition coefficient (Wildman–Crippen LogP) is 0.712. The lowest BCUT2D eigenvalue weighted by Crippen LogP contribution is -1.99. The van der Waals surface area contributed by atoms with E-state index < -0.39 is 4.92 Å². The van der Waals surface area contributed by atoms with Crippen molar-refractivity contribution in [3.63, 3.8) is 0 Å². The molecule has 68 valence electrons. The van der Waals surface area contributed by atoms with Crippen molar-refractivity contribution in [2.24, 2.45) is 0 Å². The molecule has 0 spiro atoms. The summed E-state index contributed by atoms with van der Waals surface area (Å²) >= 11 is 0. The van der Waals surface area contributed by atoms with Crippen molar-refractivity contribution >= 4 is 17.8 Å². The molecule has 0 atom stereocenters. The van der Waals surface area contributed by atoms with Crippen LogP contribution in [0.1, 0.15) is 0 Å². The summed E-state index contributed by atoms with van der Waals surface area (Å²) < 4.78 is 4.42. The van der Waals surface area contributed by atoms with Gasteiger partial charge in [-0.2, -0.15) is 0 Å². The molecular formula is C7H6N2O4. The molecule has 1 aromatic rings. The first-order chi connectivity index (χ1) is 6.16. The highest BCUT2D eigenvalue weighted by molar-refractivity contribution is 5.69. The van der Waals surface area contributed by atoms with E-state index in [4.69, 9.17) is 5.73 Å². The summed E-state index contributed by atoms with van der Waals surface area (Å²) in [5, 5.41) is 10.4. The van der Waals surface area contributed by atoms with Gasteiger partial charge in [0, 0.05) is 6.07 Å². The molecular weight excluding hydrogens is 176 g/mol. The van der Waals surface area contributed by atoms with Gasteiger partial charge in [0.1, 0.15) is 0 Å². The van der Waals surface area contributed by atoms with Crippen LogP contribution in [0.25, 0.3) is 0 Å². The summed E-state index contributed by atoms with van der Waals surface area (Å²) in [6, 6.07) is 3.98. The number of hydrogen-bond donors (Lipinski definition) is 1. The van der Waals surface area contributed by atoms with Gasteiger partial charge in [0.2, 0.25) is 0 Å². The lowest BCUT2D eigenvalue weighted by atomic mass is 10.2. The molecule has 0 fully saturated rings. The zero-order valence-corrected chi connectivity index (χ0v) is 6.47. The van der Waals surface area contributed by atoms with Gasteiger partial charge < -0.3 is 10.5 Å². The number of carbonyl (C=O) groups excluding carboxylic acids is 1. The Morgan fingerprint density at radius 2 is 2.23 bits per heavy atom. The molecule has 0 unspecified atom stereocenters. The van der Waals surface area contributed by atoms with E-state index in [1.807, 2.05) is 0 Å². The Kier molecular flexibility index (Phi) is 2.44. The maximum Gasteiger partial charge on any atom is 0.298 e. The van der Waals surface area contributed by atoms with Crippen molar-refractivity contribution in [1.82, 2.24) is 0 Å². The van der Waals surface area contributed by atoms with Crippen molar-refractivity contribution in [3.8, 4) is 5.75 Å². The number of benzene rings is 1. The smallest absolute Gasteiger partial charge is 0.298 e. The minimum atomic E-state index is -0.646. The Balaban J connectivity index is 3.17. The SMILES string of the molecule is Nc1c(OC=O)cccc1[N+](=O)[O-]. The van der Waals surface area contributed by atoms with E-state index in [1.54, 1.807) is 0 Å². The summed E-state index contributed by atoms with van der Waals surface area (Å²) in [4.78, 5) is 19.7. The number of carbonyl (C=O) groups is 1. The second kappa shape index (κ2) is 3.53. The number of anilines is 1. The minimum Gasteiger partial charge on any atom is -0.426 e. The number of nitrogens with two attached hydrogens (primary N) is 1. The standard InChI is InChI=1S/C7H6N2O4/c8-7-5(9(11)12)2-1-3-6(7)13-4-10/h1-4H,8H2. The van der Waals surface area contributed by atoms with E-state index in [2.05, 4.69) is 4.74 Å². The van der Waals surface area contributed by atoms with E-state index in [0.29, 0.717) is 0 Å². The van der Waals surface area contributed by atoms with Crippen LogP contribution in [0.2, 0.25) is 0 Å². The minimum absolute atomic E-state index is 0.01000. The van der Waals surface area contributed by atoms with Crippen molar-refractivity contribution < 1.29 is 14.5 Å². The Morgan fingerprint density at radius 3 is 2.77 bits per heavy atom. The second-order valence-electron chi connectivity index (χ2n) is 2.16. The quantitative estimate of drug-likeness (QED) is 0.321. The Bertz CT molecular complexity index is 350. The van der Waals surface area contributed by atoms with Crippen molar-refractivity contribution in [2.75, 3.05) is 5.73 Å². The first-order valence-corrected chi connectivity index (χ1v) is 3.30. The second-order valence-corrected chi connectivity index (χ2v) is 2.16. The van der Waals surface area contributed by atoms with Gasteiger partial charge in [-0.25, -0.2) is 0 Å². The predicted molar refractivity (Wildman–Crippen MR) is 44.2 cm³/mol. The summed E-state index contributed by atoms with van der Waals surface area (Å²) in [5.74, 6) is -0.01000. The van der Waals surface area contributed by atoms with Gasteiger partial charge in [-0.1, -0.05) is 6.07 Å². The summed E-state index contributed by atoms with van der Waals surface area (Å²) in [6.45, 7) is 0.162. The van der Waals surface area contributed by atoms with Crippen LogP contribution in [-0.2, 0) is 4.79 Å². The lowest BCUT2D eigenvalue weighted by molar-refractivity contribution is -0.383. The third-order valence-corrected chi connectivity index (χ3v) is 1.41. The van der Waals surface area contributed by atoms with Gasteiger partial charge in [-0.15, -0.1) is 0 Å². The van der Waals surface area contributed by atoms with Crippen LogP contribution in [0.15, 0.2) is 18.2 Å². The fraction of sp³-hybridized carbons (Fsp3) is 0. The van der Waals surface area contributed by atoms with Crippen LogP contribution in [0, 0.1) is 10.1 Å². The number of nitro benzene ring substituents is 1. The maximum atomic E-state index is 10.4. The molecule has 0 saturated heterocycles. The number of nitro groups is 1. The Morgan fingerprint density at radius 1 is 1.54 bits per heavy atom. The topological polar surface area (TPSA) is 95.5 Å². The number of nitrogens with zero attached hydrogens (tertiary/aromatic N) is 1. The number of hydrogen-bond acceptors (Lipinski definition) is 5. The van der Waals surface area contributed by atoms with Crippen molar-refractivity contribution in [2.45, 2.75) is 0 Å². The fourth-order valence-corrected chi connectivity index (χ4v) is 0.846. The van der Waals surface area contributed by atoms with Gasteiger partial charge in [-0.05, 0) is 6.07 Å². The molecule has 0 aromatic heterocycles. The van der Waals surface area contributed by atoms with Gasteiger partial charge >= 0.3 is 0 Å². The first-order valence-electron chi connectivity index (χ1n) is 3.30. The zero-order valence-electron chi connectivity index (χ0n) is 6.47. The van der Waals surface area contributed by atoms with E-state index in [9.17, 15) is 14.9 Å². The first kappa shape index (κ1) is 8.98. The van der Waals surface area contributed by atoms with Crippen LogP contribution in [-0.4, -0.2) is 11.4 Å². The number of rotatable bonds is 3. The molecule has 0 aliphatic heterocycles. The van der Waals surface area contributed by atoms with Gasteiger partial charge in [0.15, 0.2) is 11.4 Å². The highest BCUT2D eigenvalue weighted by atomic mass is 16.6. The van der Waals surface area contributed by atoms with Crippen LogP contribution in [0.4, 0.5) is 11.4 Å². The van der Waals surface area contributed by atoms with Crippen molar-refractivity contribution in [1.29, 1.82) is 0 Å². The van der Waals surface area contributed by atoms with Crippen LogP contribution < -0.4 is 10.5 Å². The molecule has 13 heavy (non-hydrogen) atoms. The van der Waals surface area contributed by atoms with E-state index in [1.165, 1.54) is 18.2 Å². The highest BCUT2D eigenvalue weighted by Gasteiger charge is 2.14. The summed E-state index contributed by atoms with van der Waals surface area (Å²) in [7, 11) is 0. The van der Waals surface area contributed by atoms with Crippen LogP contribution in [0.3, 0.4) is 0 Å². The fourth-order valence-electron chi connectivity index (χ4n) is 0.846. The van der Waals surface area contributed by atoms with E-state index in [-0.39, 0.29) is 23.6 Å². The molecule has 0 amide bonds. The average molecular weight is 182 g/mol. The molecule has 1 aromatic carbocycles. The van der Waals surface area contributed by atoms with Gasteiger partial charge in [-0.3, -0.25) is 14.9 Å². The summed E-state index contributed by atoms with van der Waals surface area (Å²) in [6.07, 6.45) is 0. The average Bonchev–Trinajstić information content (AvgIpc) is 2.08. The van der Waals surface area contributed by atoms with E-state index in [0.717, 1.165) is 0 Å². The van der Waals surface area contributed by atoms with Crippen molar-refractivity contribution in [3.05, 3.63) is 28.3 Å². The van der Waals surface area contributed by atoms with E-state index >= 15 is 0 Å². The highest BCUT2D eigenvalue weighted by Crippen LogP contribution is 2.30. The lowest BCUT2D eigenvalue weighted by Gasteiger charge is -2.01. The van der Waals surface area contributed by atoms with Crippen LogP contribution >= 0.6 is 0 Å². The molecule has 6 nitrogen and oxygen atoms in total. The number of ether oxygens (including phenoxy) is 1. The summed E-state index contributed by atoms with van der Waals surface area (Å²) in [5.41, 5.74) is 4.91. The molecule has 0 radical (unpaired) electrons. The largest absolute Gasteiger partial charge is 0.426 e. The normalized spacial score (nSPS) is 9.23. The molecule has 0 bridgehead atoms. The maximum absolute atomic E-state index is 10.4. The number of nitrogen functional groups attached to an aromatic ring is 1. The number of para-hydroxylation sites is 1.